The molecule has 0 unspecified atom stereocenters. The van der Waals surface area contributed by atoms with Crippen LogP contribution in [0, 0.1) is 20.8 Å². The summed E-state index contributed by atoms with van der Waals surface area (Å²) in [5, 5.41) is 9.84. The largest absolute Gasteiger partial charge is 0.354 e. The zero-order valence-electron chi connectivity index (χ0n) is 15.1. The maximum Gasteiger partial charge on any atom is 0.241 e. The molecule has 0 saturated carbocycles. The Morgan fingerprint density at radius 3 is 2.68 bits per heavy atom. The molecule has 2 aromatic rings. The Hall–Kier alpha value is -2.28. The number of H-pyrrole nitrogens is 1. The maximum absolute atomic E-state index is 12.3. The Morgan fingerprint density at radius 2 is 1.96 bits per heavy atom. The van der Waals surface area contributed by atoms with E-state index in [-0.39, 0.29) is 5.91 Å². The van der Waals surface area contributed by atoms with Gasteiger partial charge >= 0.3 is 0 Å². The van der Waals surface area contributed by atoms with Gasteiger partial charge in [-0.1, -0.05) is 0 Å². The minimum atomic E-state index is -0.718. The van der Waals surface area contributed by atoms with Crippen LogP contribution < -0.4 is 11.1 Å². The minimum absolute atomic E-state index is 0.206. The molecule has 134 valence electrons. The Kier molecular flexibility index (Phi) is 5.13. The van der Waals surface area contributed by atoms with Gasteiger partial charge in [-0.3, -0.25) is 9.89 Å². The van der Waals surface area contributed by atoms with Gasteiger partial charge in [-0.05, 0) is 52.0 Å². The Morgan fingerprint density at radius 1 is 1.20 bits per heavy atom. The fraction of sp³-hybridized carbons (Fsp3) is 0.556. The van der Waals surface area contributed by atoms with E-state index in [0.29, 0.717) is 13.0 Å². The normalized spacial score (nSPS) is 14.9. The van der Waals surface area contributed by atoms with Crippen molar-refractivity contribution in [2.45, 2.75) is 58.9 Å². The SMILES string of the molecule is Cc1nc(CCNC(=O)[C@H](N)c2c(C)n[nH]c2C)nc2c1CCCC2. The van der Waals surface area contributed by atoms with Crippen molar-refractivity contribution < 1.29 is 4.79 Å². The van der Waals surface area contributed by atoms with Crippen LogP contribution in [-0.4, -0.2) is 32.6 Å². The van der Waals surface area contributed by atoms with E-state index in [2.05, 4.69) is 25.5 Å². The number of amides is 1. The lowest BCUT2D eigenvalue weighted by atomic mass is 9.95. The standard InChI is InChI=1S/C18H26N6O/c1-10-13-6-4-5-7-14(13)22-15(21-10)8-9-20-18(25)17(19)16-11(2)23-24-12(16)3/h17H,4-9,19H2,1-3H3,(H,20,25)(H,23,24)/t17-/m1/s1. The molecular formula is C18H26N6O. The first-order valence-electron chi connectivity index (χ1n) is 8.87. The number of nitrogens with two attached hydrogens (primary N) is 1. The number of carbonyl (C=O) groups is 1. The third-order valence-corrected chi connectivity index (χ3v) is 4.86. The van der Waals surface area contributed by atoms with Gasteiger partial charge in [0.1, 0.15) is 11.9 Å². The van der Waals surface area contributed by atoms with E-state index in [1.807, 2.05) is 20.8 Å². The first-order valence-corrected chi connectivity index (χ1v) is 8.87. The number of hydrogen-bond donors (Lipinski definition) is 3. The number of hydrogen-bond acceptors (Lipinski definition) is 5. The van der Waals surface area contributed by atoms with Crippen molar-refractivity contribution in [2.24, 2.45) is 5.73 Å². The summed E-state index contributed by atoms with van der Waals surface area (Å²) in [6.45, 7) is 6.23. The predicted octanol–water partition coefficient (Wildman–Crippen LogP) is 1.36. The van der Waals surface area contributed by atoms with E-state index in [4.69, 9.17) is 5.73 Å². The second-order valence-corrected chi connectivity index (χ2v) is 6.72. The van der Waals surface area contributed by atoms with Crippen molar-refractivity contribution in [3.63, 3.8) is 0 Å². The van der Waals surface area contributed by atoms with Gasteiger partial charge in [0, 0.05) is 35.6 Å². The summed E-state index contributed by atoms with van der Waals surface area (Å²) in [5.41, 5.74) is 12.0. The smallest absolute Gasteiger partial charge is 0.241 e. The van der Waals surface area contributed by atoms with Crippen molar-refractivity contribution in [1.82, 2.24) is 25.5 Å². The number of aryl methyl sites for hydroxylation is 4. The fourth-order valence-electron chi connectivity index (χ4n) is 3.51. The van der Waals surface area contributed by atoms with E-state index in [1.165, 1.54) is 24.1 Å². The molecular weight excluding hydrogens is 316 g/mol. The third-order valence-electron chi connectivity index (χ3n) is 4.86. The van der Waals surface area contributed by atoms with Crippen LogP contribution in [0.25, 0.3) is 0 Å². The molecule has 1 aliphatic carbocycles. The number of carbonyl (C=O) groups excluding carboxylic acids is 1. The lowest BCUT2D eigenvalue weighted by molar-refractivity contribution is -0.122. The summed E-state index contributed by atoms with van der Waals surface area (Å²) >= 11 is 0. The molecule has 1 atom stereocenters. The van der Waals surface area contributed by atoms with Gasteiger partial charge in [-0.15, -0.1) is 0 Å². The molecule has 0 radical (unpaired) electrons. The maximum atomic E-state index is 12.3. The van der Waals surface area contributed by atoms with Gasteiger partial charge in [0.15, 0.2) is 0 Å². The van der Waals surface area contributed by atoms with Crippen LogP contribution in [0.15, 0.2) is 0 Å². The van der Waals surface area contributed by atoms with Crippen molar-refractivity contribution >= 4 is 5.91 Å². The summed E-state index contributed by atoms with van der Waals surface area (Å²) in [7, 11) is 0. The average Bonchev–Trinajstić information content (AvgIpc) is 2.93. The predicted molar refractivity (Wildman–Crippen MR) is 95.1 cm³/mol. The van der Waals surface area contributed by atoms with E-state index < -0.39 is 6.04 Å². The fourth-order valence-corrected chi connectivity index (χ4v) is 3.51. The molecule has 1 aliphatic rings. The monoisotopic (exact) mass is 342 g/mol. The molecule has 1 amide bonds. The molecule has 0 fully saturated rings. The summed E-state index contributed by atoms with van der Waals surface area (Å²) in [5.74, 6) is 0.588. The van der Waals surface area contributed by atoms with Crippen LogP contribution in [0.4, 0.5) is 0 Å². The number of aromatic nitrogens is 4. The summed E-state index contributed by atoms with van der Waals surface area (Å²) in [6.07, 6.45) is 5.13. The highest BCUT2D eigenvalue weighted by atomic mass is 16.2. The highest BCUT2D eigenvalue weighted by Crippen LogP contribution is 2.21. The molecule has 7 nitrogen and oxygen atoms in total. The molecule has 0 spiro atoms. The summed E-state index contributed by atoms with van der Waals surface area (Å²) in [6, 6.07) is -0.718. The summed E-state index contributed by atoms with van der Waals surface area (Å²) < 4.78 is 0. The number of aromatic amines is 1. The van der Waals surface area contributed by atoms with Gasteiger partial charge in [-0.25, -0.2) is 9.97 Å². The topological polar surface area (TPSA) is 110 Å². The minimum Gasteiger partial charge on any atom is -0.354 e. The van der Waals surface area contributed by atoms with E-state index in [1.54, 1.807) is 0 Å². The zero-order valence-corrected chi connectivity index (χ0v) is 15.1. The Bertz CT molecular complexity index is 763. The quantitative estimate of drug-likeness (QED) is 0.760. The van der Waals surface area contributed by atoms with Crippen LogP contribution in [0.3, 0.4) is 0 Å². The molecule has 25 heavy (non-hydrogen) atoms. The number of rotatable bonds is 5. The zero-order chi connectivity index (χ0) is 18.0. The highest BCUT2D eigenvalue weighted by molar-refractivity contribution is 5.83. The van der Waals surface area contributed by atoms with Crippen molar-refractivity contribution in [3.05, 3.63) is 39.7 Å². The molecule has 4 N–H and O–H groups in total. The van der Waals surface area contributed by atoms with E-state index in [9.17, 15) is 4.79 Å². The van der Waals surface area contributed by atoms with Crippen molar-refractivity contribution in [1.29, 1.82) is 0 Å². The van der Waals surface area contributed by atoms with Gasteiger partial charge in [0.05, 0.1) is 5.69 Å². The van der Waals surface area contributed by atoms with E-state index in [0.717, 1.165) is 41.3 Å². The number of fused-ring (bicyclic) bond motifs is 1. The van der Waals surface area contributed by atoms with Gasteiger partial charge < -0.3 is 11.1 Å². The van der Waals surface area contributed by atoms with Gasteiger partial charge in [-0.2, -0.15) is 5.10 Å². The highest BCUT2D eigenvalue weighted by Gasteiger charge is 2.22. The molecule has 0 saturated heterocycles. The summed E-state index contributed by atoms with van der Waals surface area (Å²) in [4.78, 5) is 21.6. The Labute approximate surface area is 147 Å². The first-order chi connectivity index (χ1) is 12.0. The molecule has 2 heterocycles. The second-order valence-electron chi connectivity index (χ2n) is 6.72. The van der Waals surface area contributed by atoms with Crippen molar-refractivity contribution in [3.8, 4) is 0 Å². The molecule has 0 aromatic carbocycles. The molecule has 3 rings (SSSR count). The third kappa shape index (κ3) is 3.71. The molecule has 0 bridgehead atoms. The number of nitrogens with zero attached hydrogens (tertiary/aromatic N) is 3. The second kappa shape index (κ2) is 7.31. The molecule has 0 aliphatic heterocycles. The lowest BCUT2D eigenvalue weighted by Crippen LogP contribution is -2.36. The lowest BCUT2D eigenvalue weighted by Gasteiger charge is -2.18. The van der Waals surface area contributed by atoms with Crippen LogP contribution in [0.5, 0.6) is 0 Å². The van der Waals surface area contributed by atoms with Crippen LogP contribution in [-0.2, 0) is 24.1 Å². The first kappa shape index (κ1) is 17.5. The van der Waals surface area contributed by atoms with Gasteiger partial charge in [0.2, 0.25) is 5.91 Å². The number of nitrogens with one attached hydrogen (secondary N) is 2. The van der Waals surface area contributed by atoms with Crippen LogP contribution in [0.1, 0.15) is 58.6 Å². The van der Waals surface area contributed by atoms with E-state index >= 15 is 0 Å². The van der Waals surface area contributed by atoms with Gasteiger partial charge in [0.25, 0.3) is 0 Å². The van der Waals surface area contributed by atoms with Crippen LogP contribution >= 0.6 is 0 Å². The van der Waals surface area contributed by atoms with Crippen molar-refractivity contribution in [2.75, 3.05) is 6.54 Å². The Balaban J connectivity index is 1.59. The van der Waals surface area contributed by atoms with Crippen LogP contribution in [0.2, 0.25) is 0 Å². The molecule has 7 heteroatoms. The molecule has 2 aromatic heterocycles. The average molecular weight is 342 g/mol.